The van der Waals surface area contributed by atoms with Gasteiger partial charge in [-0.2, -0.15) is 0 Å². The van der Waals surface area contributed by atoms with Crippen LogP contribution in [-0.4, -0.2) is 17.5 Å². The van der Waals surface area contributed by atoms with Crippen molar-refractivity contribution in [3.63, 3.8) is 0 Å². The number of amides is 1. The number of carbonyl (C=O) groups is 1. The van der Waals surface area contributed by atoms with Gasteiger partial charge in [0.15, 0.2) is 0 Å². The molecule has 4 nitrogen and oxygen atoms in total. The van der Waals surface area contributed by atoms with Crippen molar-refractivity contribution in [2.75, 3.05) is 6.61 Å². The van der Waals surface area contributed by atoms with Crippen molar-refractivity contribution in [3.05, 3.63) is 58.4 Å². The standard InChI is InChI=1S/C16H17ClN2O2/c1-3-21-15-7-11(2)13(8-14(15)17)10-19-16(20)12-5-4-6-18-9-12/h4-9H,3,10H2,1-2H3,(H,19,20). The first-order chi connectivity index (χ1) is 10.1. The summed E-state index contributed by atoms with van der Waals surface area (Å²) in [5.74, 6) is 0.506. The third-order valence-corrected chi connectivity index (χ3v) is 3.35. The zero-order valence-electron chi connectivity index (χ0n) is 12.0. The van der Waals surface area contributed by atoms with Gasteiger partial charge in [0, 0.05) is 18.9 Å². The fourth-order valence-corrected chi connectivity index (χ4v) is 2.17. The number of halogens is 1. The van der Waals surface area contributed by atoms with Gasteiger partial charge in [0.05, 0.1) is 17.2 Å². The molecule has 0 aliphatic rings. The molecular formula is C16H17ClN2O2. The monoisotopic (exact) mass is 304 g/mol. The fraction of sp³-hybridized carbons (Fsp3) is 0.250. The quantitative estimate of drug-likeness (QED) is 0.921. The number of carbonyl (C=O) groups excluding carboxylic acids is 1. The van der Waals surface area contributed by atoms with Crippen LogP contribution in [0.5, 0.6) is 5.75 Å². The molecule has 0 bridgehead atoms. The molecule has 0 saturated heterocycles. The van der Waals surface area contributed by atoms with E-state index in [2.05, 4.69) is 10.3 Å². The van der Waals surface area contributed by atoms with Crippen molar-refractivity contribution >= 4 is 17.5 Å². The molecule has 1 amide bonds. The molecule has 0 atom stereocenters. The first-order valence-corrected chi connectivity index (χ1v) is 7.09. The SMILES string of the molecule is CCOc1cc(C)c(CNC(=O)c2cccnc2)cc1Cl. The van der Waals surface area contributed by atoms with Crippen LogP contribution in [0.1, 0.15) is 28.4 Å². The largest absolute Gasteiger partial charge is 0.492 e. The van der Waals surface area contributed by atoms with Crippen molar-refractivity contribution in [2.24, 2.45) is 0 Å². The van der Waals surface area contributed by atoms with E-state index in [1.165, 1.54) is 6.20 Å². The predicted molar refractivity (Wildman–Crippen MR) is 82.8 cm³/mol. The minimum atomic E-state index is -0.160. The Labute approximate surface area is 129 Å². The second-order valence-corrected chi connectivity index (χ2v) is 4.97. The summed E-state index contributed by atoms with van der Waals surface area (Å²) in [4.78, 5) is 15.9. The lowest BCUT2D eigenvalue weighted by Gasteiger charge is -2.12. The third-order valence-electron chi connectivity index (χ3n) is 3.05. The highest BCUT2D eigenvalue weighted by Gasteiger charge is 2.09. The van der Waals surface area contributed by atoms with Gasteiger partial charge in [-0.15, -0.1) is 0 Å². The van der Waals surface area contributed by atoms with E-state index in [1.54, 1.807) is 18.3 Å². The summed E-state index contributed by atoms with van der Waals surface area (Å²) in [6.45, 7) is 4.85. The molecule has 0 spiro atoms. The van der Waals surface area contributed by atoms with Crippen molar-refractivity contribution in [1.29, 1.82) is 0 Å². The molecule has 110 valence electrons. The zero-order valence-corrected chi connectivity index (χ0v) is 12.8. The van der Waals surface area contributed by atoms with E-state index in [-0.39, 0.29) is 5.91 Å². The lowest BCUT2D eigenvalue weighted by molar-refractivity contribution is 0.0950. The molecule has 0 saturated carbocycles. The number of hydrogen-bond acceptors (Lipinski definition) is 3. The minimum absolute atomic E-state index is 0.160. The summed E-state index contributed by atoms with van der Waals surface area (Å²) >= 11 is 6.16. The normalized spacial score (nSPS) is 10.2. The maximum atomic E-state index is 12.0. The van der Waals surface area contributed by atoms with E-state index in [0.717, 1.165) is 11.1 Å². The van der Waals surface area contributed by atoms with Crippen molar-refractivity contribution in [3.8, 4) is 5.75 Å². The van der Waals surface area contributed by atoms with Gasteiger partial charge in [0.25, 0.3) is 5.91 Å². The Bertz CT molecular complexity index is 630. The Morgan fingerprint density at radius 1 is 1.43 bits per heavy atom. The van der Waals surface area contributed by atoms with Crippen LogP contribution in [0.25, 0.3) is 0 Å². The third kappa shape index (κ3) is 3.95. The first-order valence-electron chi connectivity index (χ1n) is 6.72. The van der Waals surface area contributed by atoms with Crippen molar-refractivity contribution in [2.45, 2.75) is 20.4 Å². The number of nitrogens with zero attached hydrogens (tertiary/aromatic N) is 1. The zero-order chi connectivity index (χ0) is 15.2. The molecule has 0 radical (unpaired) electrons. The van der Waals surface area contributed by atoms with Crippen LogP contribution >= 0.6 is 11.6 Å². The van der Waals surface area contributed by atoms with E-state index in [4.69, 9.17) is 16.3 Å². The summed E-state index contributed by atoms with van der Waals surface area (Å²) in [7, 11) is 0. The average Bonchev–Trinajstić information content (AvgIpc) is 2.50. The summed E-state index contributed by atoms with van der Waals surface area (Å²) in [5.41, 5.74) is 2.52. The highest BCUT2D eigenvalue weighted by atomic mass is 35.5. The molecule has 1 N–H and O–H groups in total. The van der Waals surface area contributed by atoms with Gasteiger partial charge in [-0.3, -0.25) is 9.78 Å². The number of pyridine rings is 1. The van der Waals surface area contributed by atoms with Gasteiger partial charge in [0.2, 0.25) is 0 Å². The van der Waals surface area contributed by atoms with Gasteiger partial charge in [-0.1, -0.05) is 11.6 Å². The number of aromatic nitrogens is 1. The van der Waals surface area contributed by atoms with Crippen LogP contribution in [0.2, 0.25) is 5.02 Å². The number of hydrogen-bond donors (Lipinski definition) is 1. The van der Waals surface area contributed by atoms with E-state index in [0.29, 0.717) is 29.5 Å². The summed E-state index contributed by atoms with van der Waals surface area (Å²) in [5, 5.41) is 3.41. The number of aryl methyl sites for hydroxylation is 1. The molecule has 1 aromatic carbocycles. The smallest absolute Gasteiger partial charge is 0.253 e. The molecule has 0 unspecified atom stereocenters. The summed E-state index contributed by atoms with van der Waals surface area (Å²) in [6, 6.07) is 7.16. The van der Waals surface area contributed by atoms with Crippen molar-refractivity contribution in [1.82, 2.24) is 10.3 Å². The fourth-order valence-electron chi connectivity index (χ4n) is 1.93. The maximum absolute atomic E-state index is 12.0. The molecule has 1 heterocycles. The van der Waals surface area contributed by atoms with Crippen LogP contribution in [-0.2, 0) is 6.54 Å². The second kappa shape index (κ2) is 7.09. The van der Waals surface area contributed by atoms with Gasteiger partial charge in [-0.05, 0) is 49.2 Å². The van der Waals surface area contributed by atoms with E-state index < -0.39 is 0 Å². The molecular weight excluding hydrogens is 288 g/mol. The van der Waals surface area contributed by atoms with Gasteiger partial charge < -0.3 is 10.1 Å². The molecule has 0 aliphatic heterocycles. The number of benzene rings is 1. The molecule has 0 aliphatic carbocycles. The van der Waals surface area contributed by atoms with Crippen LogP contribution < -0.4 is 10.1 Å². The highest BCUT2D eigenvalue weighted by Crippen LogP contribution is 2.28. The lowest BCUT2D eigenvalue weighted by atomic mass is 10.1. The molecule has 0 fully saturated rings. The molecule has 5 heteroatoms. The Kier molecular flexibility index (Phi) is 5.17. The highest BCUT2D eigenvalue weighted by molar-refractivity contribution is 6.32. The molecule has 2 rings (SSSR count). The molecule has 2 aromatic rings. The second-order valence-electron chi connectivity index (χ2n) is 4.57. The number of ether oxygens (including phenoxy) is 1. The summed E-state index contributed by atoms with van der Waals surface area (Å²) in [6.07, 6.45) is 3.17. The molecule has 1 aromatic heterocycles. The Morgan fingerprint density at radius 2 is 2.24 bits per heavy atom. The van der Waals surface area contributed by atoms with Gasteiger partial charge >= 0.3 is 0 Å². The van der Waals surface area contributed by atoms with Crippen LogP contribution in [0, 0.1) is 6.92 Å². The van der Waals surface area contributed by atoms with E-state index in [9.17, 15) is 4.79 Å². The Balaban J connectivity index is 2.07. The van der Waals surface area contributed by atoms with E-state index in [1.807, 2.05) is 26.0 Å². The number of nitrogens with one attached hydrogen (secondary N) is 1. The van der Waals surface area contributed by atoms with Crippen LogP contribution in [0.15, 0.2) is 36.7 Å². The molecule has 21 heavy (non-hydrogen) atoms. The first kappa shape index (κ1) is 15.3. The van der Waals surface area contributed by atoms with Crippen LogP contribution in [0.3, 0.4) is 0 Å². The van der Waals surface area contributed by atoms with Crippen molar-refractivity contribution < 1.29 is 9.53 Å². The predicted octanol–water partition coefficient (Wildman–Crippen LogP) is 3.37. The van der Waals surface area contributed by atoms with Gasteiger partial charge in [0.1, 0.15) is 5.75 Å². The van der Waals surface area contributed by atoms with E-state index >= 15 is 0 Å². The topological polar surface area (TPSA) is 51.2 Å². The Hall–Kier alpha value is -2.07. The van der Waals surface area contributed by atoms with Crippen LogP contribution in [0.4, 0.5) is 0 Å². The summed E-state index contributed by atoms with van der Waals surface area (Å²) < 4.78 is 5.44. The Morgan fingerprint density at radius 3 is 2.90 bits per heavy atom. The minimum Gasteiger partial charge on any atom is -0.492 e. The number of rotatable bonds is 5. The average molecular weight is 305 g/mol. The van der Waals surface area contributed by atoms with Gasteiger partial charge in [-0.25, -0.2) is 0 Å². The lowest BCUT2D eigenvalue weighted by Crippen LogP contribution is -2.23. The maximum Gasteiger partial charge on any atom is 0.253 e.